The van der Waals surface area contributed by atoms with E-state index in [2.05, 4.69) is 4.74 Å². The molecule has 2 saturated heterocycles. The molecule has 146 valence electrons. The van der Waals surface area contributed by atoms with Gasteiger partial charge in [-0.05, 0) is 6.07 Å². The Morgan fingerprint density at radius 3 is 2.61 bits per heavy atom. The van der Waals surface area contributed by atoms with E-state index in [1.807, 2.05) is 5.92 Å². The Morgan fingerprint density at radius 1 is 1.25 bits per heavy atom. The number of amides is 4. The summed E-state index contributed by atoms with van der Waals surface area (Å²) >= 11 is 0. The number of hydrogen-bond acceptors (Lipinski definition) is 4. The highest BCUT2D eigenvalue weighted by atomic mass is 19.3. The van der Waals surface area contributed by atoms with Gasteiger partial charge >= 0.3 is 18.0 Å². The van der Waals surface area contributed by atoms with Crippen LogP contribution in [0.2, 0.25) is 0 Å². The predicted molar refractivity (Wildman–Crippen MR) is 86.1 cm³/mol. The Kier molecular flexibility index (Phi) is 3.78. The standard InChI is InChI=1S/C17H11F4N3O4/c1-2-3-22-11-6-10(9(19)5-13(11)28-17(20,21)15(22)26)24-14(25)12-4-8(18)7-23(12)16(24)27/h1,5-6,8,12H,3-4,7H2/t8-,12?/m0/s1. The van der Waals surface area contributed by atoms with Crippen LogP contribution in [0.4, 0.5) is 33.7 Å². The quantitative estimate of drug-likeness (QED) is 0.432. The van der Waals surface area contributed by atoms with Crippen molar-refractivity contribution >= 4 is 29.2 Å². The molecule has 1 unspecified atom stereocenters. The fraction of sp³-hybridized carbons (Fsp3) is 0.353. The first-order valence-electron chi connectivity index (χ1n) is 8.10. The summed E-state index contributed by atoms with van der Waals surface area (Å²) in [5, 5.41) is 0. The fourth-order valence-corrected chi connectivity index (χ4v) is 3.52. The number of carbonyl (C=O) groups is 3. The number of terminal acetylenes is 1. The number of rotatable bonds is 2. The molecule has 2 atom stereocenters. The number of ether oxygens (including phenoxy) is 1. The molecule has 3 aliphatic heterocycles. The maximum Gasteiger partial charge on any atom is 0.483 e. The van der Waals surface area contributed by atoms with E-state index in [9.17, 15) is 31.9 Å². The van der Waals surface area contributed by atoms with Crippen molar-refractivity contribution in [2.75, 3.05) is 22.9 Å². The molecule has 1 aromatic carbocycles. The van der Waals surface area contributed by atoms with Crippen LogP contribution in [0.15, 0.2) is 12.1 Å². The molecular formula is C17H11F4N3O4. The smallest absolute Gasteiger partial charge is 0.423 e. The van der Waals surface area contributed by atoms with E-state index in [1.165, 1.54) is 0 Å². The van der Waals surface area contributed by atoms with Crippen molar-refractivity contribution in [1.82, 2.24) is 4.90 Å². The first-order chi connectivity index (χ1) is 13.2. The summed E-state index contributed by atoms with van der Waals surface area (Å²) < 4.78 is 59.8. The van der Waals surface area contributed by atoms with E-state index in [-0.39, 0.29) is 18.7 Å². The van der Waals surface area contributed by atoms with Gasteiger partial charge in [0, 0.05) is 12.5 Å². The number of nitrogens with zero attached hydrogens (tertiary/aromatic N) is 3. The normalized spacial score (nSPS) is 25.5. The molecule has 0 N–H and O–H groups in total. The predicted octanol–water partition coefficient (Wildman–Crippen LogP) is 1.66. The SMILES string of the molecule is C#CCN1C(=O)C(F)(F)Oc2cc(F)c(N3C(=O)C4C[C@H](F)CN4C3=O)cc21. The summed E-state index contributed by atoms with van der Waals surface area (Å²) in [4.78, 5) is 38.8. The van der Waals surface area contributed by atoms with Crippen LogP contribution >= 0.6 is 0 Å². The second-order valence-electron chi connectivity index (χ2n) is 6.44. The molecule has 0 saturated carbocycles. The number of urea groups is 1. The molecular weight excluding hydrogens is 386 g/mol. The number of carbonyl (C=O) groups excluding carboxylic acids is 3. The lowest BCUT2D eigenvalue weighted by Crippen LogP contribution is -2.51. The zero-order valence-corrected chi connectivity index (χ0v) is 14.0. The average Bonchev–Trinajstić information content (AvgIpc) is 3.10. The van der Waals surface area contributed by atoms with Crippen LogP contribution in [0.1, 0.15) is 6.42 Å². The molecule has 28 heavy (non-hydrogen) atoms. The first-order valence-corrected chi connectivity index (χ1v) is 8.10. The van der Waals surface area contributed by atoms with Gasteiger partial charge in [0.15, 0.2) is 11.6 Å². The minimum absolute atomic E-state index is 0.218. The maximum absolute atomic E-state index is 14.6. The van der Waals surface area contributed by atoms with Gasteiger partial charge in [0.1, 0.15) is 12.2 Å². The molecule has 7 nitrogen and oxygen atoms in total. The minimum atomic E-state index is -4.25. The maximum atomic E-state index is 14.6. The van der Waals surface area contributed by atoms with E-state index in [4.69, 9.17) is 6.42 Å². The van der Waals surface area contributed by atoms with Crippen molar-refractivity contribution in [2.45, 2.75) is 24.7 Å². The minimum Gasteiger partial charge on any atom is -0.423 e. The van der Waals surface area contributed by atoms with Crippen LogP contribution in [0.5, 0.6) is 5.75 Å². The number of anilines is 2. The monoisotopic (exact) mass is 397 g/mol. The molecule has 0 radical (unpaired) electrons. The van der Waals surface area contributed by atoms with Gasteiger partial charge in [0.05, 0.1) is 24.5 Å². The summed E-state index contributed by atoms with van der Waals surface area (Å²) in [6.07, 6.45) is -0.727. The summed E-state index contributed by atoms with van der Waals surface area (Å²) in [5.41, 5.74) is -0.886. The van der Waals surface area contributed by atoms with Gasteiger partial charge in [-0.25, -0.2) is 18.5 Å². The summed E-state index contributed by atoms with van der Waals surface area (Å²) in [6, 6.07) is -0.607. The Balaban J connectivity index is 1.79. The number of imide groups is 1. The molecule has 0 aliphatic carbocycles. The first kappa shape index (κ1) is 18.1. The van der Waals surface area contributed by atoms with Crippen molar-refractivity contribution in [3.05, 3.63) is 17.9 Å². The third kappa shape index (κ3) is 2.41. The number of halogens is 4. The lowest BCUT2D eigenvalue weighted by Gasteiger charge is -2.33. The largest absolute Gasteiger partial charge is 0.483 e. The van der Waals surface area contributed by atoms with Gasteiger partial charge in [-0.1, -0.05) is 5.92 Å². The van der Waals surface area contributed by atoms with Gasteiger partial charge in [0.25, 0.3) is 5.91 Å². The van der Waals surface area contributed by atoms with Crippen LogP contribution in [-0.4, -0.2) is 54.2 Å². The molecule has 11 heteroatoms. The van der Waals surface area contributed by atoms with Crippen LogP contribution < -0.4 is 14.5 Å². The third-order valence-electron chi connectivity index (χ3n) is 4.73. The van der Waals surface area contributed by atoms with Gasteiger partial charge in [-0.15, -0.1) is 6.42 Å². The van der Waals surface area contributed by atoms with Crippen LogP contribution in [0, 0.1) is 18.2 Å². The Hall–Kier alpha value is -3.29. The second kappa shape index (κ2) is 5.85. The molecule has 3 aliphatic rings. The molecule has 0 bridgehead atoms. The van der Waals surface area contributed by atoms with Crippen molar-refractivity contribution < 1.29 is 36.7 Å². The Bertz CT molecular complexity index is 936. The molecule has 1 aromatic rings. The topological polar surface area (TPSA) is 70.2 Å². The highest BCUT2D eigenvalue weighted by molar-refractivity contribution is 6.22. The van der Waals surface area contributed by atoms with E-state index in [1.54, 1.807) is 0 Å². The second-order valence-corrected chi connectivity index (χ2v) is 6.44. The van der Waals surface area contributed by atoms with Crippen LogP contribution in [-0.2, 0) is 9.59 Å². The number of fused-ring (bicyclic) bond motifs is 2. The van der Waals surface area contributed by atoms with Crippen molar-refractivity contribution in [3.8, 4) is 18.1 Å². The third-order valence-corrected chi connectivity index (χ3v) is 4.73. The zero-order valence-electron chi connectivity index (χ0n) is 14.0. The highest BCUT2D eigenvalue weighted by Gasteiger charge is 2.54. The van der Waals surface area contributed by atoms with Crippen molar-refractivity contribution in [2.24, 2.45) is 0 Å². The zero-order chi connectivity index (χ0) is 20.4. The Labute approximate surface area is 155 Å². The molecule has 3 heterocycles. The molecule has 4 amide bonds. The van der Waals surface area contributed by atoms with E-state index < -0.39 is 60.0 Å². The summed E-state index contributed by atoms with van der Waals surface area (Å²) in [6.45, 7) is -0.884. The lowest BCUT2D eigenvalue weighted by molar-refractivity contribution is -0.192. The Morgan fingerprint density at radius 2 is 1.96 bits per heavy atom. The molecule has 0 spiro atoms. The fourth-order valence-electron chi connectivity index (χ4n) is 3.52. The van der Waals surface area contributed by atoms with E-state index >= 15 is 0 Å². The van der Waals surface area contributed by atoms with E-state index in [0.717, 1.165) is 11.0 Å². The number of hydrogen-bond donors (Lipinski definition) is 0. The summed E-state index contributed by atoms with van der Waals surface area (Å²) in [7, 11) is 0. The molecule has 2 fully saturated rings. The number of alkyl halides is 3. The average molecular weight is 397 g/mol. The molecule has 4 rings (SSSR count). The van der Waals surface area contributed by atoms with Crippen LogP contribution in [0.25, 0.3) is 0 Å². The van der Waals surface area contributed by atoms with E-state index in [0.29, 0.717) is 15.9 Å². The summed E-state index contributed by atoms with van der Waals surface area (Å²) in [5.74, 6) is -2.47. The van der Waals surface area contributed by atoms with Gasteiger partial charge in [0.2, 0.25) is 0 Å². The van der Waals surface area contributed by atoms with Crippen LogP contribution in [0.3, 0.4) is 0 Å². The van der Waals surface area contributed by atoms with Crippen molar-refractivity contribution in [1.29, 1.82) is 0 Å². The highest BCUT2D eigenvalue weighted by Crippen LogP contribution is 2.44. The van der Waals surface area contributed by atoms with Gasteiger partial charge < -0.3 is 9.64 Å². The number of benzene rings is 1. The van der Waals surface area contributed by atoms with Gasteiger partial charge in [-0.3, -0.25) is 14.5 Å². The lowest BCUT2D eigenvalue weighted by atomic mass is 10.1. The molecule has 0 aromatic heterocycles. The van der Waals surface area contributed by atoms with Crippen molar-refractivity contribution in [3.63, 3.8) is 0 Å². The van der Waals surface area contributed by atoms with Gasteiger partial charge in [-0.2, -0.15) is 8.78 Å².